The van der Waals surface area contributed by atoms with Gasteiger partial charge in [0, 0.05) is 28.8 Å². The van der Waals surface area contributed by atoms with Gasteiger partial charge >= 0.3 is 0 Å². The number of nitro groups is 1. The van der Waals surface area contributed by atoms with E-state index >= 15 is 0 Å². The van der Waals surface area contributed by atoms with Crippen LogP contribution in [0.1, 0.15) is 10.4 Å². The minimum atomic E-state index is -0.570. The van der Waals surface area contributed by atoms with E-state index in [0.29, 0.717) is 4.34 Å². The molecule has 2 amide bonds. The molecule has 0 atom stereocenters. The number of benzene rings is 3. The Kier molecular flexibility index (Phi) is 6.38. The predicted octanol–water partition coefficient (Wildman–Crippen LogP) is 4.58. The Morgan fingerprint density at radius 1 is 1.00 bits per heavy atom. The summed E-state index contributed by atoms with van der Waals surface area (Å²) in [6.07, 6.45) is 0. The molecule has 3 aromatic carbocycles. The van der Waals surface area contributed by atoms with Crippen LogP contribution in [-0.2, 0) is 4.79 Å². The number of amides is 2. The summed E-state index contributed by atoms with van der Waals surface area (Å²) in [5.41, 5.74) is 0.692. The molecule has 32 heavy (non-hydrogen) atoms. The van der Waals surface area contributed by atoms with E-state index in [0.717, 1.165) is 27.8 Å². The zero-order chi connectivity index (χ0) is 22.5. The van der Waals surface area contributed by atoms with E-state index in [9.17, 15) is 19.7 Å². The van der Waals surface area contributed by atoms with Gasteiger partial charge in [0.2, 0.25) is 11.0 Å². The lowest BCUT2D eigenvalue weighted by Crippen LogP contribution is -2.14. The van der Waals surface area contributed by atoms with Crippen LogP contribution in [0.15, 0.2) is 71.1 Å². The van der Waals surface area contributed by atoms with Gasteiger partial charge in [0.1, 0.15) is 0 Å². The van der Waals surface area contributed by atoms with Gasteiger partial charge in [-0.05, 0) is 17.5 Å². The lowest BCUT2D eigenvalue weighted by molar-refractivity contribution is -0.384. The molecule has 4 aromatic rings. The fraction of sp³-hybridized carbons (Fsp3) is 0.0476. The maximum absolute atomic E-state index is 12.4. The highest BCUT2D eigenvalue weighted by Crippen LogP contribution is 2.27. The molecule has 11 heteroatoms. The van der Waals surface area contributed by atoms with Crippen molar-refractivity contribution >= 4 is 62.2 Å². The number of nitrogens with one attached hydrogen (secondary N) is 2. The van der Waals surface area contributed by atoms with Gasteiger partial charge in [-0.15, -0.1) is 10.2 Å². The van der Waals surface area contributed by atoms with Gasteiger partial charge in [0.05, 0.1) is 10.7 Å². The number of anilines is 2. The number of carbonyl (C=O) groups excluding carboxylic acids is 2. The molecule has 0 radical (unpaired) electrons. The second-order valence-electron chi connectivity index (χ2n) is 6.50. The number of nitrogens with zero attached hydrogens (tertiary/aromatic N) is 3. The van der Waals surface area contributed by atoms with E-state index in [1.807, 2.05) is 42.5 Å². The third-order valence-corrected chi connectivity index (χ3v) is 6.31. The van der Waals surface area contributed by atoms with E-state index in [4.69, 9.17) is 0 Å². The van der Waals surface area contributed by atoms with Crippen LogP contribution < -0.4 is 10.6 Å². The van der Waals surface area contributed by atoms with Crippen LogP contribution in [0.25, 0.3) is 10.8 Å². The van der Waals surface area contributed by atoms with E-state index in [2.05, 4.69) is 20.8 Å². The molecule has 9 nitrogen and oxygen atoms in total. The average molecular weight is 466 g/mol. The average Bonchev–Trinajstić information content (AvgIpc) is 3.25. The summed E-state index contributed by atoms with van der Waals surface area (Å²) in [6, 6.07) is 18.9. The molecule has 1 aromatic heterocycles. The first-order valence-corrected chi connectivity index (χ1v) is 11.1. The summed E-state index contributed by atoms with van der Waals surface area (Å²) in [5.74, 6) is -0.602. The summed E-state index contributed by atoms with van der Waals surface area (Å²) in [5, 5.41) is 26.4. The molecule has 0 unspecified atom stereocenters. The first kappa shape index (κ1) is 21.4. The highest BCUT2D eigenvalue weighted by Gasteiger charge is 2.15. The maximum atomic E-state index is 12.4. The van der Waals surface area contributed by atoms with Crippen LogP contribution in [0, 0.1) is 10.1 Å². The van der Waals surface area contributed by atoms with Crippen molar-refractivity contribution in [2.24, 2.45) is 0 Å². The number of aromatic nitrogens is 2. The van der Waals surface area contributed by atoms with Crippen molar-refractivity contribution in [2.45, 2.75) is 4.34 Å². The molecule has 0 spiro atoms. The molecule has 0 fully saturated rings. The fourth-order valence-electron chi connectivity index (χ4n) is 2.90. The van der Waals surface area contributed by atoms with Crippen LogP contribution in [0.3, 0.4) is 0 Å². The van der Waals surface area contributed by atoms with Gasteiger partial charge in [0.25, 0.3) is 11.6 Å². The van der Waals surface area contributed by atoms with E-state index < -0.39 is 10.8 Å². The number of hydrogen-bond acceptors (Lipinski definition) is 8. The fourth-order valence-corrected chi connectivity index (χ4v) is 4.44. The molecule has 0 bridgehead atoms. The van der Waals surface area contributed by atoms with Gasteiger partial charge in [-0.3, -0.25) is 25.0 Å². The Morgan fingerprint density at radius 3 is 2.62 bits per heavy atom. The quantitative estimate of drug-likeness (QED) is 0.177. The van der Waals surface area contributed by atoms with Crippen molar-refractivity contribution in [3.05, 3.63) is 82.4 Å². The van der Waals surface area contributed by atoms with Gasteiger partial charge in [-0.1, -0.05) is 65.6 Å². The van der Waals surface area contributed by atoms with Gasteiger partial charge in [-0.25, -0.2) is 0 Å². The molecular weight excluding hydrogens is 450 g/mol. The lowest BCUT2D eigenvalue weighted by Gasteiger charge is -2.08. The van der Waals surface area contributed by atoms with Crippen molar-refractivity contribution in [1.29, 1.82) is 0 Å². The lowest BCUT2D eigenvalue weighted by atomic mass is 10.1. The SMILES string of the molecule is O=C(CSc1nnc(NC(=O)c2cccc([N+](=O)[O-])c2)s1)Nc1cccc2ccccc12. The number of fused-ring (bicyclic) bond motifs is 1. The normalized spacial score (nSPS) is 10.6. The summed E-state index contributed by atoms with van der Waals surface area (Å²) >= 11 is 2.31. The molecule has 0 aliphatic carbocycles. The first-order chi connectivity index (χ1) is 15.5. The maximum Gasteiger partial charge on any atom is 0.270 e. The van der Waals surface area contributed by atoms with Gasteiger partial charge in [0.15, 0.2) is 4.34 Å². The Hall–Kier alpha value is -3.83. The smallest absolute Gasteiger partial charge is 0.270 e. The predicted molar refractivity (Wildman–Crippen MR) is 124 cm³/mol. The molecule has 0 aliphatic heterocycles. The zero-order valence-corrected chi connectivity index (χ0v) is 18.0. The number of nitro benzene ring substituents is 1. The number of carbonyl (C=O) groups is 2. The summed E-state index contributed by atoms with van der Waals surface area (Å²) in [4.78, 5) is 35.0. The molecule has 160 valence electrons. The molecule has 0 saturated carbocycles. The standard InChI is InChI=1S/C21H15N5O4S2/c27-18(22-17-10-4-6-13-5-1-2-9-16(13)17)12-31-21-25-24-20(32-21)23-19(28)14-7-3-8-15(11-14)26(29)30/h1-11H,12H2,(H,22,27)(H,23,24,28). The van der Waals surface area contributed by atoms with E-state index in [1.165, 1.54) is 36.0 Å². The van der Waals surface area contributed by atoms with Crippen LogP contribution in [0.5, 0.6) is 0 Å². The second kappa shape index (κ2) is 9.54. The molecular formula is C21H15N5O4S2. The second-order valence-corrected chi connectivity index (χ2v) is 8.70. The topological polar surface area (TPSA) is 127 Å². The molecule has 0 saturated heterocycles. The highest BCUT2D eigenvalue weighted by atomic mass is 32.2. The summed E-state index contributed by atoms with van der Waals surface area (Å²) < 4.78 is 0.507. The monoisotopic (exact) mass is 465 g/mol. The van der Waals surface area contributed by atoms with Crippen molar-refractivity contribution in [1.82, 2.24) is 10.2 Å². The number of rotatable bonds is 7. The summed E-state index contributed by atoms with van der Waals surface area (Å²) in [7, 11) is 0. The Balaban J connectivity index is 1.34. The largest absolute Gasteiger partial charge is 0.325 e. The third kappa shape index (κ3) is 5.07. The van der Waals surface area contributed by atoms with Crippen molar-refractivity contribution in [3.63, 3.8) is 0 Å². The molecule has 4 rings (SSSR count). The van der Waals surface area contributed by atoms with Crippen molar-refractivity contribution < 1.29 is 14.5 Å². The van der Waals surface area contributed by atoms with Crippen LogP contribution in [0.2, 0.25) is 0 Å². The van der Waals surface area contributed by atoms with Gasteiger partial charge in [-0.2, -0.15) is 0 Å². The van der Waals surface area contributed by atoms with Crippen molar-refractivity contribution in [2.75, 3.05) is 16.4 Å². The Morgan fingerprint density at radius 2 is 1.78 bits per heavy atom. The van der Waals surface area contributed by atoms with Crippen LogP contribution in [0.4, 0.5) is 16.5 Å². The number of thioether (sulfide) groups is 1. The first-order valence-electron chi connectivity index (χ1n) is 9.29. The summed E-state index contributed by atoms with van der Waals surface area (Å²) in [6.45, 7) is 0. The zero-order valence-electron chi connectivity index (χ0n) is 16.3. The molecule has 1 heterocycles. The van der Waals surface area contributed by atoms with Crippen LogP contribution in [-0.4, -0.2) is 32.7 Å². The van der Waals surface area contributed by atoms with Gasteiger partial charge < -0.3 is 5.32 Å². The molecule has 0 aliphatic rings. The number of hydrogen-bond donors (Lipinski definition) is 2. The van der Waals surface area contributed by atoms with E-state index in [1.54, 1.807) is 0 Å². The third-order valence-electron chi connectivity index (χ3n) is 4.34. The highest BCUT2D eigenvalue weighted by molar-refractivity contribution is 8.01. The minimum absolute atomic E-state index is 0.122. The van der Waals surface area contributed by atoms with Crippen LogP contribution >= 0.6 is 23.1 Å². The number of non-ortho nitro benzene ring substituents is 1. The van der Waals surface area contributed by atoms with Crippen molar-refractivity contribution in [3.8, 4) is 0 Å². The molecule has 2 N–H and O–H groups in total. The van der Waals surface area contributed by atoms with E-state index in [-0.39, 0.29) is 28.0 Å². The Bertz CT molecular complexity index is 1320. The minimum Gasteiger partial charge on any atom is -0.325 e. The Labute approximate surface area is 190 Å².